The molecule has 0 spiro atoms. The van der Waals surface area contributed by atoms with Crippen molar-refractivity contribution >= 4 is 9.76 Å². The minimum absolute atomic E-state index is 0.287. The summed E-state index contributed by atoms with van der Waals surface area (Å²) in [5, 5.41) is 9.79. The first-order chi connectivity index (χ1) is 8.79. The van der Waals surface area contributed by atoms with E-state index in [9.17, 15) is 5.11 Å². The fourth-order valence-corrected chi connectivity index (χ4v) is 3.93. The number of hydrogen-bond donors (Lipinski definition) is 1. The molecule has 2 aliphatic rings. The van der Waals surface area contributed by atoms with Gasteiger partial charge in [0.2, 0.25) is 0 Å². The molecule has 0 saturated heterocycles. The van der Waals surface area contributed by atoms with E-state index < -0.39 is 0 Å². The van der Waals surface area contributed by atoms with Crippen molar-refractivity contribution in [1.29, 1.82) is 0 Å². The minimum atomic E-state index is -0.317. The van der Waals surface area contributed by atoms with Crippen molar-refractivity contribution in [2.45, 2.75) is 37.8 Å². The van der Waals surface area contributed by atoms with Gasteiger partial charge in [0.15, 0.2) is 9.76 Å². The van der Waals surface area contributed by atoms with E-state index in [-0.39, 0.29) is 15.9 Å². The molecule has 0 heterocycles. The molecule has 0 aromatic rings. The standard InChI is InChI=1S/C14H26O3Si/c1-16-18-6-2-3-14(15)10-17-9-13-8-11-4-5-12(13)7-11/h4-5,11-15H,2-3,6-10,18H2,1H3. The average Bonchev–Trinajstić information content (AvgIpc) is 2.97. The maximum atomic E-state index is 9.79. The molecule has 3 nitrogen and oxygen atoms in total. The molecule has 2 aliphatic carbocycles. The Kier molecular flexibility index (Phi) is 5.88. The predicted octanol–water partition coefficient (Wildman–Crippen LogP) is 1.50. The van der Waals surface area contributed by atoms with E-state index in [0.717, 1.165) is 37.3 Å². The third kappa shape index (κ3) is 4.19. The van der Waals surface area contributed by atoms with Crippen molar-refractivity contribution in [2.75, 3.05) is 20.3 Å². The Labute approximate surface area is 113 Å². The zero-order valence-corrected chi connectivity index (χ0v) is 12.8. The van der Waals surface area contributed by atoms with Gasteiger partial charge in [0.25, 0.3) is 0 Å². The van der Waals surface area contributed by atoms with Crippen molar-refractivity contribution in [3.63, 3.8) is 0 Å². The van der Waals surface area contributed by atoms with Crippen LogP contribution in [0.25, 0.3) is 0 Å². The molecule has 0 amide bonds. The second kappa shape index (κ2) is 7.43. The summed E-state index contributed by atoms with van der Waals surface area (Å²) in [5.74, 6) is 2.26. The molecule has 18 heavy (non-hydrogen) atoms. The monoisotopic (exact) mass is 270 g/mol. The summed E-state index contributed by atoms with van der Waals surface area (Å²) in [6.45, 7) is 1.33. The Bertz CT molecular complexity index is 270. The molecule has 0 aromatic heterocycles. The van der Waals surface area contributed by atoms with Gasteiger partial charge in [-0.1, -0.05) is 18.6 Å². The quantitative estimate of drug-likeness (QED) is 0.392. The Morgan fingerprint density at radius 3 is 2.94 bits per heavy atom. The van der Waals surface area contributed by atoms with Gasteiger partial charge in [-0.25, -0.2) is 0 Å². The molecule has 0 aromatic carbocycles. The minimum Gasteiger partial charge on any atom is -0.427 e. The molecule has 2 rings (SSSR count). The van der Waals surface area contributed by atoms with E-state index >= 15 is 0 Å². The smallest absolute Gasteiger partial charge is 0.161 e. The van der Waals surface area contributed by atoms with Gasteiger partial charge in [0.05, 0.1) is 19.3 Å². The first-order valence-corrected chi connectivity index (χ1v) is 8.80. The third-order valence-corrected chi connectivity index (χ3v) is 5.39. The highest BCUT2D eigenvalue weighted by Crippen LogP contribution is 2.43. The normalized spacial score (nSPS) is 31.8. The number of aliphatic hydroxyl groups is 1. The lowest BCUT2D eigenvalue weighted by atomic mass is 9.95. The number of aliphatic hydroxyl groups excluding tert-OH is 1. The Morgan fingerprint density at radius 1 is 1.39 bits per heavy atom. The van der Waals surface area contributed by atoms with Gasteiger partial charge < -0.3 is 14.3 Å². The van der Waals surface area contributed by atoms with Crippen LogP contribution in [0.15, 0.2) is 12.2 Å². The molecule has 0 aliphatic heterocycles. The summed E-state index contributed by atoms with van der Waals surface area (Å²) in [4.78, 5) is 0. The second-order valence-corrected chi connectivity index (χ2v) is 7.41. The van der Waals surface area contributed by atoms with Crippen LogP contribution in [0.5, 0.6) is 0 Å². The molecular formula is C14H26O3Si. The lowest BCUT2D eigenvalue weighted by molar-refractivity contribution is 0.0137. The Balaban J connectivity index is 1.49. The first kappa shape index (κ1) is 14.3. The predicted molar refractivity (Wildman–Crippen MR) is 75.3 cm³/mol. The highest BCUT2D eigenvalue weighted by Gasteiger charge is 2.35. The summed E-state index contributed by atoms with van der Waals surface area (Å²) in [6.07, 6.45) is 8.97. The lowest BCUT2D eigenvalue weighted by Crippen LogP contribution is -2.20. The molecule has 104 valence electrons. The molecule has 2 bridgehead atoms. The SMILES string of the molecule is CO[SiH2]CCCC(O)COCC1CC2C=CC1C2. The van der Waals surface area contributed by atoms with Crippen LogP contribution in [0.1, 0.15) is 25.7 Å². The third-order valence-electron chi connectivity index (χ3n) is 4.19. The van der Waals surface area contributed by atoms with E-state index in [0.29, 0.717) is 12.5 Å². The summed E-state index contributed by atoms with van der Waals surface area (Å²) in [7, 11) is 1.46. The van der Waals surface area contributed by atoms with Crippen molar-refractivity contribution in [2.24, 2.45) is 17.8 Å². The van der Waals surface area contributed by atoms with Gasteiger partial charge in [0.1, 0.15) is 0 Å². The van der Waals surface area contributed by atoms with Crippen molar-refractivity contribution in [3.05, 3.63) is 12.2 Å². The fraction of sp³-hybridized carbons (Fsp3) is 0.857. The van der Waals surface area contributed by atoms with Crippen LogP contribution >= 0.6 is 0 Å². The van der Waals surface area contributed by atoms with Gasteiger partial charge >= 0.3 is 0 Å². The highest BCUT2D eigenvalue weighted by molar-refractivity contribution is 6.26. The van der Waals surface area contributed by atoms with E-state index in [1.165, 1.54) is 12.8 Å². The zero-order valence-electron chi connectivity index (χ0n) is 11.4. The number of hydrogen-bond acceptors (Lipinski definition) is 3. The van der Waals surface area contributed by atoms with Gasteiger partial charge in [-0.2, -0.15) is 0 Å². The highest BCUT2D eigenvalue weighted by atomic mass is 28.2. The van der Waals surface area contributed by atoms with Crippen LogP contribution < -0.4 is 0 Å². The van der Waals surface area contributed by atoms with E-state index in [1.54, 1.807) is 7.11 Å². The number of allylic oxidation sites excluding steroid dienone is 2. The number of fused-ring (bicyclic) bond motifs is 2. The fourth-order valence-electron chi connectivity index (χ4n) is 3.15. The maximum Gasteiger partial charge on any atom is 0.161 e. The molecule has 4 atom stereocenters. The first-order valence-electron chi connectivity index (χ1n) is 7.22. The van der Waals surface area contributed by atoms with Crippen LogP contribution in [0.3, 0.4) is 0 Å². The van der Waals surface area contributed by atoms with Gasteiger partial charge in [-0.15, -0.1) is 0 Å². The zero-order chi connectivity index (χ0) is 12.8. The Hall–Kier alpha value is -0.163. The van der Waals surface area contributed by atoms with Crippen LogP contribution in [-0.4, -0.2) is 41.3 Å². The van der Waals surface area contributed by atoms with Gasteiger partial charge in [-0.05, 0) is 43.1 Å². The van der Waals surface area contributed by atoms with Crippen LogP contribution in [0.2, 0.25) is 6.04 Å². The summed E-state index contributed by atoms with van der Waals surface area (Å²) in [6, 6.07) is 1.16. The van der Waals surface area contributed by atoms with E-state index in [1.807, 2.05) is 0 Å². The Morgan fingerprint density at radius 2 is 2.28 bits per heavy atom. The van der Waals surface area contributed by atoms with Crippen molar-refractivity contribution < 1.29 is 14.3 Å². The molecule has 0 radical (unpaired) electrons. The van der Waals surface area contributed by atoms with Crippen LogP contribution in [0.4, 0.5) is 0 Å². The molecule has 1 fully saturated rings. The molecule has 1 N–H and O–H groups in total. The topological polar surface area (TPSA) is 38.7 Å². The van der Waals surface area contributed by atoms with Gasteiger partial charge in [0, 0.05) is 7.11 Å². The number of ether oxygens (including phenoxy) is 1. The maximum absolute atomic E-state index is 9.79. The van der Waals surface area contributed by atoms with Crippen LogP contribution in [-0.2, 0) is 9.16 Å². The average molecular weight is 270 g/mol. The summed E-state index contributed by atoms with van der Waals surface area (Å²) >= 11 is 0. The molecule has 4 unspecified atom stereocenters. The van der Waals surface area contributed by atoms with Crippen LogP contribution in [0, 0.1) is 17.8 Å². The molecule has 1 saturated carbocycles. The largest absolute Gasteiger partial charge is 0.427 e. The number of rotatable bonds is 9. The summed E-state index contributed by atoms with van der Waals surface area (Å²) < 4.78 is 10.8. The molecular weight excluding hydrogens is 244 g/mol. The van der Waals surface area contributed by atoms with E-state index in [4.69, 9.17) is 9.16 Å². The lowest BCUT2D eigenvalue weighted by Gasteiger charge is -2.19. The van der Waals surface area contributed by atoms with Crippen molar-refractivity contribution in [3.8, 4) is 0 Å². The van der Waals surface area contributed by atoms with E-state index in [2.05, 4.69) is 12.2 Å². The second-order valence-electron chi connectivity index (χ2n) is 5.72. The van der Waals surface area contributed by atoms with Crippen molar-refractivity contribution in [1.82, 2.24) is 0 Å². The summed E-state index contributed by atoms with van der Waals surface area (Å²) in [5.41, 5.74) is 0. The van der Waals surface area contributed by atoms with Gasteiger partial charge in [-0.3, -0.25) is 0 Å². The molecule has 4 heteroatoms.